The largest absolute Gasteiger partial charge is 0.393 e. The van der Waals surface area contributed by atoms with E-state index in [9.17, 15) is 64.6 Å². The molecule has 0 unspecified atom stereocenters. The number of Topliss-reactive ketones (excluding diaryl/α,β-unsaturated/α-hetero) is 1. The number of hydrogen-bond donors (Lipinski definition) is 10. The van der Waals surface area contributed by atoms with E-state index in [4.69, 9.17) is 4.74 Å². The molecule has 14 heteroatoms. The van der Waals surface area contributed by atoms with Crippen LogP contribution in [-0.4, -0.2) is 135 Å². The van der Waals surface area contributed by atoms with Crippen LogP contribution in [0.5, 0.6) is 0 Å². The molecular weight excluding hydrogens is 1850 g/mol. The molecular formula is C135H232F2O12. The first-order valence-electron chi connectivity index (χ1n) is 64.5. The fraction of sp³-hybridized carbons (Fsp3) is 0.963. The summed E-state index contributed by atoms with van der Waals surface area (Å²) in [6.45, 7) is 56.4. The molecule has 20 aliphatic carbocycles. The molecule has 10 N–H and O–H groups in total. The van der Waals surface area contributed by atoms with Gasteiger partial charge in [0.15, 0.2) is 0 Å². The first-order valence-corrected chi connectivity index (χ1v) is 64.5. The third-order valence-electron chi connectivity index (χ3n) is 53.4. The fourth-order valence-electron chi connectivity index (χ4n) is 44.6. The number of ketones is 1. The highest BCUT2D eigenvalue weighted by Gasteiger charge is 2.69. The third kappa shape index (κ3) is 23.3. The summed E-state index contributed by atoms with van der Waals surface area (Å²) in [5.74, 6) is 17.6. The van der Waals surface area contributed by atoms with Crippen molar-refractivity contribution in [2.45, 2.75) is 565 Å². The molecule has 858 valence electrons. The molecule has 0 aromatic carbocycles. The number of hydrogen-bond acceptors (Lipinski definition) is 12. The van der Waals surface area contributed by atoms with Gasteiger partial charge in [0, 0.05) is 26.4 Å². The second-order valence-electron chi connectivity index (χ2n) is 63.1. The highest BCUT2D eigenvalue weighted by atomic mass is 19.3. The van der Waals surface area contributed by atoms with Crippen molar-refractivity contribution in [1.82, 2.24) is 0 Å². The van der Waals surface area contributed by atoms with Gasteiger partial charge in [-0.2, -0.15) is 0 Å². The molecule has 20 rings (SSSR count). The van der Waals surface area contributed by atoms with Crippen LogP contribution < -0.4 is 0 Å². The van der Waals surface area contributed by atoms with Crippen molar-refractivity contribution >= 4 is 5.78 Å². The maximum Gasteiger partial charge on any atom is 0.270 e. The predicted molar refractivity (Wildman–Crippen MR) is 605 cm³/mol. The van der Waals surface area contributed by atoms with Crippen LogP contribution in [0.4, 0.5) is 8.78 Å². The molecule has 0 bridgehead atoms. The molecule has 48 atom stereocenters. The Labute approximate surface area is 910 Å². The minimum absolute atomic E-state index is 0.0570. The summed E-state index contributed by atoms with van der Waals surface area (Å²) in [4.78, 5) is 13.6. The number of alkyl halides is 2. The molecule has 0 radical (unpaired) electrons. The van der Waals surface area contributed by atoms with Crippen molar-refractivity contribution in [2.75, 3.05) is 13.7 Å². The lowest BCUT2D eigenvalue weighted by molar-refractivity contribution is -0.170. The van der Waals surface area contributed by atoms with Gasteiger partial charge in [-0.3, -0.25) is 4.79 Å². The monoisotopic (exact) mass is 2080 g/mol. The van der Waals surface area contributed by atoms with Crippen molar-refractivity contribution in [1.29, 1.82) is 0 Å². The van der Waals surface area contributed by atoms with Crippen LogP contribution in [0.2, 0.25) is 0 Å². The SMILES string of the molecule is CC(C)CC[C@H](O)[C@@H](C)[C@H]1CC[C@H]2[C@@H]3CC=C4C[C@@](C)(O)CC[C@]4(C)[C@H]3CC[C@]12C.CC(C)CC[C@H](O)[C@@H](C)[C@H]1CC[C@H]2[C@@H]3CC[C@H]4C[C@@](C)(O)CC[C@@H]4[C@H]3C(=O)C[C@]12C.CC(C)CC[C@H](O)[C@@H](C)[C@H]1CC[C@H]2[C@@H]3CC[C@H]4C[C@@](C)(O)CC[C@@H]4[C@H]3CC[C@]12C.CCC[C@H](O)[C@@H](C)[C@H]1CC[C@H]2[C@@H]3CC=C4C[C@](O)(CC)CC[C@]4(C)[C@H]3CC[C@]12C.COC[C@]1(O)CC[C@@]2(C)[C@H](CC[C@@H]3[C@@H]2CC[C@]2(C)[C@@H]([C@H](C)[C@H](O)C(C)(F)F)CC[C@@H]32)C1. The predicted octanol–water partition coefficient (Wildman–Crippen LogP) is 31.0. The van der Waals surface area contributed by atoms with Crippen molar-refractivity contribution in [3.63, 3.8) is 0 Å². The smallest absolute Gasteiger partial charge is 0.270 e. The summed E-state index contributed by atoms with van der Waals surface area (Å²) in [6, 6.07) is 0. The van der Waals surface area contributed by atoms with Gasteiger partial charge in [-0.1, -0.05) is 175 Å². The van der Waals surface area contributed by atoms with Crippen LogP contribution in [0.25, 0.3) is 0 Å². The molecule has 12 nitrogen and oxygen atoms in total. The highest BCUT2D eigenvalue weighted by Crippen LogP contribution is 2.75. The first-order chi connectivity index (χ1) is 69.7. The van der Waals surface area contributed by atoms with E-state index in [1.54, 1.807) is 18.3 Å². The average molecular weight is 2090 g/mol. The number of carbonyl (C=O) groups is 1. The van der Waals surface area contributed by atoms with Gasteiger partial charge in [0.25, 0.3) is 5.92 Å². The fourth-order valence-corrected chi connectivity index (χ4v) is 44.6. The van der Waals surface area contributed by atoms with E-state index in [1.165, 1.54) is 148 Å². The molecule has 0 spiro atoms. The molecule has 0 aliphatic heterocycles. The Morgan fingerprint density at radius 1 is 0.336 bits per heavy atom. The molecule has 18 fully saturated rings. The standard InChI is InChI=1S/C28H48O2.C27H46O3.C27H48O2.C27H46O2.C26H44F2O3/c1-18(2)7-12-25(29)19(3)22-10-11-23-21-9-8-20-17-26(4,30)15-16-27(20,5)24(21)13-14-28(22,23)6;1-16(2)6-11-23(28)17(3)21-9-10-22-20-8-7-18-14-26(4,30)13-12-19(18)25(20)24(29)15-27(21,22)5;1-17(2)6-11-25(28)18(3)23-9-10-24-22-8-7-19-16-26(4,29)14-12-20(19)21(22)13-15-27(23,24)5;1-6-8-24(28)18(3)21-11-12-22-20-10-9-19-17-27(29,7-2)16-15-25(19,4)23(20)13-14-26(21,22)5;1-16(22(29)25(4,27)28)19-8-9-20-18-7-6-17-14-26(30,15-31-5)13-12-23(17,2)21(18)10-11-24(19,20)3/h8,18-19,21-25,29-30H,7,9-17H2,1-6H3;16-23,25,28,30H,6-15H2,1-5H3;17-25,28-29H,6-16H2,1-5H3;9,18,20-24,28-29H,6-8,10-17H2,1-5H3;16-22,29-30H,6-15H2,1-5H3/t19-,21-,22+,23-,24-,25-,26-,27-,28+;17-,18-,19-,20-,21+,22-,23-,25+,26-,27+;18-,19-,20-,21+,22+,23+,24-,25-,26-,27+;18-,20-,21+,22-,23-,24-,25-,26+,27-;16-,17+,18-,19+,20-,21-,22-,23-,24+,26-/m00000/s1. The van der Waals surface area contributed by atoms with Crippen LogP contribution >= 0.6 is 0 Å². The Hall–Kier alpha value is -1.43. The van der Waals surface area contributed by atoms with Crippen molar-refractivity contribution in [3.8, 4) is 0 Å². The van der Waals surface area contributed by atoms with Gasteiger partial charge in [0.05, 0.1) is 59.0 Å². The number of aliphatic hydroxyl groups excluding tert-OH is 5. The number of rotatable bonds is 25. The van der Waals surface area contributed by atoms with Gasteiger partial charge < -0.3 is 55.8 Å². The summed E-state index contributed by atoms with van der Waals surface area (Å²) < 4.78 is 33.1. The van der Waals surface area contributed by atoms with Crippen LogP contribution in [0, 0.1) is 239 Å². The van der Waals surface area contributed by atoms with E-state index in [1.807, 2.05) is 20.8 Å². The van der Waals surface area contributed by atoms with Crippen LogP contribution in [0.15, 0.2) is 23.3 Å². The quantitative estimate of drug-likeness (QED) is 0.0385. The first kappa shape index (κ1) is 120. The molecule has 0 aromatic rings. The Kier molecular flexibility index (Phi) is 36.8. The summed E-state index contributed by atoms with van der Waals surface area (Å²) in [7, 11) is 1.67. The average Bonchev–Trinajstić information content (AvgIpc) is 1.58. The minimum Gasteiger partial charge on any atom is -0.393 e. The van der Waals surface area contributed by atoms with Crippen molar-refractivity contribution < 1.29 is 69.4 Å². The van der Waals surface area contributed by atoms with Crippen LogP contribution in [0.3, 0.4) is 0 Å². The zero-order chi connectivity index (χ0) is 109. The molecule has 0 amide bonds. The van der Waals surface area contributed by atoms with Gasteiger partial charge in [0.1, 0.15) is 11.9 Å². The van der Waals surface area contributed by atoms with Gasteiger partial charge in [-0.25, -0.2) is 8.78 Å². The number of methoxy groups -OCH3 is 1. The van der Waals surface area contributed by atoms with Crippen LogP contribution in [-0.2, 0) is 9.53 Å². The zero-order valence-corrected chi connectivity index (χ0v) is 100. The third-order valence-corrected chi connectivity index (χ3v) is 53.4. The maximum absolute atomic E-state index is 13.9. The number of aliphatic hydroxyl groups is 10. The number of ether oxygens (including phenoxy) is 1. The zero-order valence-electron chi connectivity index (χ0n) is 100. The van der Waals surface area contributed by atoms with E-state index in [0.29, 0.717) is 146 Å². The van der Waals surface area contributed by atoms with Gasteiger partial charge in [-0.15, -0.1) is 0 Å². The summed E-state index contributed by atoms with van der Waals surface area (Å²) >= 11 is 0. The topological polar surface area (TPSA) is 229 Å². The Balaban J connectivity index is 0.000000133. The second kappa shape index (κ2) is 45.7. The van der Waals surface area contributed by atoms with Gasteiger partial charge in [-0.05, 0) is 568 Å². The number of allylic oxidation sites excluding steroid dienone is 2. The molecule has 0 heterocycles. The van der Waals surface area contributed by atoms with E-state index >= 15 is 0 Å². The van der Waals surface area contributed by atoms with E-state index in [-0.39, 0.29) is 64.3 Å². The normalized spacial score (nSPS) is 48.7. The molecule has 0 saturated heterocycles. The number of carbonyl (C=O) groups excluding carboxylic acids is 1. The summed E-state index contributed by atoms with van der Waals surface area (Å²) in [5, 5.41) is 108. The van der Waals surface area contributed by atoms with E-state index in [0.717, 1.165) is 252 Å². The van der Waals surface area contributed by atoms with Crippen molar-refractivity contribution in [2.24, 2.45) is 239 Å². The highest BCUT2D eigenvalue weighted by molar-refractivity contribution is 5.84. The Morgan fingerprint density at radius 2 is 0.711 bits per heavy atom. The maximum atomic E-state index is 13.9. The molecule has 149 heavy (non-hydrogen) atoms. The Bertz CT molecular complexity index is 4450. The Morgan fingerprint density at radius 3 is 1.17 bits per heavy atom. The van der Waals surface area contributed by atoms with E-state index < -0.39 is 40.0 Å². The second-order valence-corrected chi connectivity index (χ2v) is 63.1. The van der Waals surface area contributed by atoms with E-state index in [2.05, 4.69) is 158 Å². The van der Waals surface area contributed by atoms with Crippen molar-refractivity contribution in [3.05, 3.63) is 23.3 Å². The van der Waals surface area contributed by atoms with Gasteiger partial charge >= 0.3 is 0 Å². The molecule has 0 aromatic heterocycles. The lowest BCUT2D eigenvalue weighted by atomic mass is 9.43. The lowest BCUT2D eigenvalue weighted by Gasteiger charge is -2.62. The molecule has 20 aliphatic rings. The van der Waals surface area contributed by atoms with Gasteiger partial charge in [0.2, 0.25) is 0 Å². The number of halogens is 2. The lowest BCUT2D eigenvalue weighted by Crippen LogP contribution is -2.57. The summed E-state index contributed by atoms with van der Waals surface area (Å²) in [5.41, 5.74) is 2.88. The molecule has 18 saturated carbocycles. The number of fused-ring (bicyclic) bond motifs is 25. The minimum atomic E-state index is -3.04. The summed E-state index contributed by atoms with van der Waals surface area (Å²) in [6.07, 6.45) is 60.6. The van der Waals surface area contributed by atoms with Crippen LogP contribution in [0.1, 0.15) is 501 Å².